The van der Waals surface area contributed by atoms with Gasteiger partial charge in [-0.15, -0.1) is 0 Å². The molecular formula is C22H23N3O3. The molecule has 2 aromatic carbocycles. The normalized spacial score (nSPS) is 18.5. The average molecular weight is 377 g/mol. The predicted molar refractivity (Wildman–Crippen MR) is 105 cm³/mol. The van der Waals surface area contributed by atoms with Crippen LogP contribution in [-0.4, -0.2) is 37.1 Å². The number of carbonyl (C=O) groups is 1. The smallest absolute Gasteiger partial charge is 0.238 e. The van der Waals surface area contributed by atoms with Gasteiger partial charge in [0.05, 0.1) is 19.0 Å². The molecule has 0 aromatic heterocycles. The van der Waals surface area contributed by atoms with Crippen LogP contribution in [0.25, 0.3) is 0 Å². The highest BCUT2D eigenvalue weighted by Gasteiger charge is 2.28. The Balaban J connectivity index is 1.39. The lowest BCUT2D eigenvalue weighted by Gasteiger charge is -2.26. The van der Waals surface area contributed by atoms with Crippen LogP contribution in [0.15, 0.2) is 42.5 Å². The zero-order chi connectivity index (χ0) is 19.3. The number of anilines is 1. The van der Waals surface area contributed by atoms with Gasteiger partial charge in [0.2, 0.25) is 5.91 Å². The Bertz CT molecular complexity index is 889. The molecule has 144 valence electrons. The third-order valence-electron chi connectivity index (χ3n) is 5.18. The number of hydrogen-bond acceptors (Lipinski definition) is 5. The average Bonchev–Trinajstić information content (AvgIpc) is 3.17. The molecule has 0 radical (unpaired) electrons. The van der Waals surface area contributed by atoms with Crippen LogP contribution in [0.4, 0.5) is 5.69 Å². The van der Waals surface area contributed by atoms with E-state index in [1.165, 1.54) is 0 Å². The van der Waals surface area contributed by atoms with Gasteiger partial charge < -0.3 is 14.8 Å². The molecule has 4 rings (SSSR count). The fourth-order valence-corrected chi connectivity index (χ4v) is 3.84. The van der Waals surface area contributed by atoms with Crippen LogP contribution in [0, 0.1) is 11.3 Å². The number of nitrogens with one attached hydrogen (secondary N) is 1. The lowest BCUT2D eigenvalue weighted by molar-refractivity contribution is -0.117. The van der Waals surface area contributed by atoms with E-state index in [0.717, 1.165) is 47.7 Å². The Morgan fingerprint density at radius 3 is 2.71 bits per heavy atom. The van der Waals surface area contributed by atoms with Crippen molar-refractivity contribution in [2.45, 2.75) is 25.3 Å². The summed E-state index contributed by atoms with van der Waals surface area (Å²) in [6.07, 6.45) is 2.46. The van der Waals surface area contributed by atoms with E-state index in [1.807, 2.05) is 36.4 Å². The van der Waals surface area contributed by atoms with Gasteiger partial charge in [-0.1, -0.05) is 18.2 Å². The lowest BCUT2D eigenvalue weighted by atomic mass is 10.0. The van der Waals surface area contributed by atoms with Crippen molar-refractivity contribution < 1.29 is 14.3 Å². The van der Waals surface area contributed by atoms with Gasteiger partial charge in [-0.3, -0.25) is 9.69 Å². The quantitative estimate of drug-likeness (QED) is 0.865. The minimum Gasteiger partial charge on any atom is -0.486 e. The Hall–Kier alpha value is -3.04. The van der Waals surface area contributed by atoms with Crippen molar-refractivity contribution in [3.8, 4) is 17.6 Å². The fraction of sp³-hybridized carbons (Fsp3) is 0.364. The van der Waals surface area contributed by atoms with Crippen LogP contribution in [0.5, 0.6) is 11.5 Å². The number of likely N-dealkylation sites (tertiary alicyclic amines) is 1. The predicted octanol–water partition coefficient (Wildman–Crippen LogP) is 3.30. The van der Waals surface area contributed by atoms with Gasteiger partial charge in [-0.2, -0.15) is 5.26 Å². The molecule has 0 saturated carbocycles. The second-order valence-electron chi connectivity index (χ2n) is 7.11. The number of amides is 1. The Labute approximate surface area is 164 Å². The number of benzene rings is 2. The van der Waals surface area contributed by atoms with Gasteiger partial charge >= 0.3 is 0 Å². The van der Waals surface area contributed by atoms with Gasteiger partial charge in [0.15, 0.2) is 11.5 Å². The van der Waals surface area contributed by atoms with Crippen LogP contribution < -0.4 is 14.8 Å². The van der Waals surface area contributed by atoms with Crippen molar-refractivity contribution in [2.24, 2.45) is 0 Å². The minimum atomic E-state index is -0.0301. The van der Waals surface area contributed by atoms with Gasteiger partial charge in [0.25, 0.3) is 0 Å². The number of nitriles is 1. The monoisotopic (exact) mass is 377 g/mol. The number of hydrogen-bond donors (Lipinski definition) is 1. The van der Waals surface area contributed by atoms with Gasteiger partial charge in [-0.05, 0) is 54.8 Å². The summed E-state index contributed by atoms with van der Waals surface area (Å²) in [7, 11) is 0. The third-order valence-corrected chi connectivity index (χ3v) is 5.18. The molecule has 0 aliphatic carbocycles. The topological polar surface area (TPSA) is 74.6 Å². The standard InChI is InChI=1S/C22H23N3O3/c23-10-9-16-3-6-18(7-4-16)24-22(26)15-25-11-1-2-19(25)17-5-8-20-21(14-17)28-13-12-27-20/h3-8,14,19H,1-2,9,11-13,15H2,(H,24,26)/t19-/m1/s1. The molecule has 1 fully saturated rings. The molecule has 1 amide bonds. The molecule has 1 saturated heterocycles. The summed E-state index contributed by atoms with van der Waals surface area (Å²) in [5.74, 6) is 1.55. The maximum Gasteiger partial charge on any atom is 0.238 e. The molecule has 2 heterocycles. The summed E-state index contributed by atoms with van der Waals surface area (Å²) < 4.78 is 11.3. The van der Waals surface area contributed by atoms with Crippen LogP contribution in [0.2, 0.25) is 0 Å². The maximum atomic E-state index is 12.5. The van der Waals surface area contributed by atoms with E-state index in [1.54, 1.807) is 0 Å². The molecule has 1 atom stereocenters. The zero-order valence-corrected chi connectivity index (χ0v) is 15.7. The van der Waals surface area contributed by atoms with Crippen LogP contribution in [0.3, 0.4) is 0 Å². The SMILES string of the molecule is N#CCc1ccc(NC(=O)CN2CCC[C@@H]2c2ccc3c(c2)OCCO3)cc1. The Morgan fingerprint density at radius 2 is 1.93 bits per heavy atom. The third kappa shape index (κ3) is 4.10. The summed E-state index contributed by atoms with van der Waals surface area (Å²) >= 11 is 0. The van der Waals surface area contributed by atoms with Gasteiger partial charge in [-0.25, -0.2) is 0 Å². The molecule has 2 aliphatic rings. The van der Waals surface area contributed by atoms with E-state index >= 15 is 0 Å². The fourth-order valence-electron chi connectivity index (χ4n) is 3.84. The van der Waals surface area contributed by atoms with Crippen molar-refractivity contribution in [1.82, 2.24) is 4.90 Å². The Morgan fingerprint density at radius 1 is 1.14 bits per heavy atom. The summed E-state index contributed by atoms with van der Waals surface area (Å²) in [5.41, 5.74) is 2.86. The molecule has 0 unspecified atom stereocenters. The molecule has 2 aliphatic heterocycles. The lowest BCUT2D eigenvalue weighted by Crippen LogP contribution is -2.33. The number of fused-ring (bicyclic) bond motifs is 1. The number of carbonyl (C=O) groups excluding carboxylic acids is 1. The number of nitrogens with zero attached hydrogens (tertiary/aromatic N) is 2. The molecule has 6 nitrogen and oxygen atoms in total. The van der Waals surface area contributed by atoms with Gasteiger partial charge in [0.1, 0.15) is 13.2 Å². The van der Waals surface area contributed by atoms with E-state index in [-0.39, 0.29) is 11.9 Å². The zero-order valence-electron chi connectivity index (χ0n) is 15.7. The molecule has 2 aromatic rings. The maximum absolute atomic E-state index is 12.5. The number of ether oxygens (including phenoxy) is 2. The largest absolute Gasteiger partial charge is 0.486 e. The van der Waals surface area contributed by atoms with E-state index in [4.69, 9.17) is 14.7 Å². The molecular weight excluding hydrogens is 354 g/mol. The van der Waals surface area contributed by atoms with E-state index in [9.17, 15) is 4.79 Å². The molecule has 1 N–H and O–H groups in total. The Kier molecular flexibility index (Phi) is 5.45. The van der Waals surface area contributed by atoms with Crippen molar-refractivity contribution in [3.05, 3.63) is 53.6 Å². The number of rotatable bonds is 5. The van der Waals surface area contributed by atoms with Crippen LogP contribution in [-0.2, 0) is 11.2 Å². The van der Waals surface area contributed by atoms with E-state index in [0.29, 0.717) is 26.2 Å². The first-order valence-electron chi connectivity index (χ1n) is 9.62. The molecule has 6 heteroatoms. The highest BCUT2D eigenvalue weighted by molar-refractivity contribution is 5.92. The molecule has 28 heavy (non-hydrogen) atoms. The highest BCUT2D eigenvalue weighted by Crippen LogP contribution is 2.37. The van der Waals surface area contributed by atoms with Crippen molar-refractivity contribution in [3.63, 3.8) is 0 Å². The molecule has 0 spiro atoms. The second kappa shape index (κ2) is 8.32. The van der Waals surface area contributed by atoms with E-state index < -0.39 is 0 Å². The second-order valence-corrected chi connectivity index (χ2v) is 7.11. The summed E-state index contributed by atoms with van der Waals surface area (Å²) in [6.45, 7) is 2.40. The van der Waals surface area contributed by atoms with Crippen molar-refractivity contribution in [1.29, 1.82) is 5.26 Å². The van der Waals surface area contributed by atoms with Gasteiger partial charge in [0, 0.05) is 11.7 Å². The van der Waals surface area contributed by atoms with Crippen LogP contribution in [0.1, 0.15) is 30.0 Å². The van der Waals surface area contributed by atoms with Crippen molar-refractivity contribution >= 4 is 11.6 Å². The van der Waals surface area contributed by atoms with Crippen molar-refractivity contribution in [2.75, 3.05) is 31.6 Å². The summed E-state index contributed by atoms with van der Waals surface area (Å²) in [4.78, 5) is 14.8. The minimum absolute atomic E-state index is 0.0301. The first kappa shape index (κ1) is 18.3. The van der Waals surface area contributed by atoms with E-state index in [2.05, 4.69) is 22.4 Å². The van der Waals surface area contributed by atoms with Crippen LogP contribution >= 0.6 is 0 Å². The first-order chi connectivity index (χ1) is 13.7. The first-order valence-corrected chi connectivity index (χ1v) is 9.62. The highest BCUT2D eigenvalue weighted by atomic mass is 16.6. The molecule has 0 bridgehead atoms. The summed E-state index contributed by atoms with van der Waals surface area (Å²) in [6, 6.07) is 15.8. The summed E-state index contributed by atoms with van der Waals surface area (Å²) in [5, 5.41) is 11.7.